The van der Waals surface area contributed by atoms with Crippen LogP contribution in [-0.2, 0) is 13.1 Å². The summed E-state index contributed by atoms with van der Waals surface area (Å²) in [4.78, 5) is 3.99. The van der Waals surface area contributed by atoms with Crippen LogP contribution in [-0.4, -0.2) is 126 Å². The maximum Gasteiger partial charge on any atom is 0.113 e. The van der Waals surface area contributed by atoms with Crippen LogP contribution in [0, 0.1) is 0 Å². The molecule has 2 heterocycles. The molecule has 0 aliphatic rings. The Labute approximate surface area is 210 Å². The highest BCUT2D eigenvalue weighted by atomic mass is 16.3. The van der Waals surface area contributed by atoms with Gasteiger partial charge in [-0.1, -0.05) is 34.7 Å². The molecule has 0 spiro atoms. The van der Waals surface area contributed by atoms with Gasteiger partial charge in [-0.05, 0) is 24.3 Å². The highest BCUT2D eigenvalue weighted by Gasteiger charge is 2.08. The zero-order valence-corrected chi connectivity index (χ0v) is 20.5. The number of aliphatic hydroxyl groups is 4. The van der Waals surface area contributed by atoms with Gasteiger partial charge in [0, 0.05) is 39.3 Å². The second kappa shape index (κ2) is 15.2. The van der Waals surface area contributed by atoms with E-state index in [1.807, 2.05) is 67.7 Å². The predicted octanol–water partition coefficient (Wildman–Crippen LogP) is -0.564. The Kier molecular flexibility index (Phi) is 11.6. The van der Waals surface area contributed by atoms with E-state index in [4.69, 9.17) is 20.4 Å². The molecular weight excluding hydrogens is 464 g/mol. The van der Waals surface area contributed by atoms with Gasteiger partial charge in [0.15, 0.2) is 0 Å². The maximum atomic E-state index is 8.93. The van der Waals surface area contributed by atoms with Gasteiger partial charge in [-0.2, -0.15) is 0 Å². The van der Waals surface area contributed by atoms with Gasteiger partial charge in [0.25, 0.3) is 0 Å². The van der Waals surface area contributed by atoms with E-state index in [1.165, 1.54) is 0 Å². The van der Waals surface area contributed by atoms with Crippen LogP contribution in [0.2, 0.25) is 0 Å². The quantitative estimate of drug-likeness (QED) is 0.177. The topological polar surface area (TPSA) is 149 Å². The van der Waals surface area contributed by atoms with Crippen molar-refractivity contribution in [2.45, 2.75) is 13.1 Å². The molecule has 36 heavy (non-hydrogen) atoms. The number of aromatic nitrogens is 6. The third-order valence-electron chi connectivity index (χ3n) is 5.76. The molecule has 0 aliphatic carbocycles. The van der Waals surface area contributed by atoms with Crippen molar-refractivity contribution in [1.29, 1.82) is 0 Å². The molecule has 4 rings (SSSR count). The molecule has 2 aromatic carbocycles. The SMILES string of the molecule is OCCN(CCO)CCn1nnc2ccccc21.OCCN(CCO)CCn1nnc2ccccc21. The molecule has 196 valence electrons. The Morgan fingerprint density at radius 2 is 0.889 bits per heavy atom. The fourth-order valence-corrected chi connectivity index (χ4v) is 3.87. The van der Waals surface area contributed by atoms with E-state index in [1.54, 1.807) is 0 Å². The van der Waals surface area contributed by atoms with Crippen molar-refractivity contribution in [3.63, 3.8) is 0 Å². The van der Waals surface area contributed by atoms with Gasteiger partial charge in [0.2, 0.25) is 0 Å². The van der Waals surface area contributed by atoms with Gasteiger partial charge < -0.3 is 20.4 Å². The minimum atomic E-state index is 0.0953. The lowest BCUT2D eigenvalue weighted by Gasteiger charge is -2.19. The number of fused-ring (bicyclic) bond motifs is 2. The molecule has 4 N–H and O–H groups in total. The highest BCUT2D eigenvalue weighted by molar-refractivity contribution is 5.74. The smallest absolute Gasteiger partial charge is 0.113 e. The molecule has 12 heteroatoms. The van der Waals surface area contributed by atoms with E-state index in [-0.39, 0.29) is 26.4 Å². The van der Waals surface area contributed by atoms with E-state index in [9.17, 15) is 0 Å². The fourth-order valence-electron chi connectivity index (χ4n) is 3.87. The average molecular weight is 501 g/mol. The van der Waals surface area contributed by atoms with Gasteiger partial charge in [-0.25, -0.2) is 9.36 Å². The molecule has 0 saturated heterocycles. The Morgan fingerprint density at radius 3 is 1.25 bits per heavy atom. The monoisotopic (exact) mass is 500 g/mol. The minimum Gasteiger partial charge on any atom is -0.395 e. The molecule has 12 nitrogen and oxygen atoms in total. The molecule has 2 aromatic heterocycles. The summed E-state index contributed by atoms with van der Waals surface area (Å²) in [6.07, 6.45) is 0. The van der Waals surface area contributed by atoms with Crippen LogP contribution in [0.5, 0.6) is 0 Å². The molecule has 0 radical (unpaired) electrons. The number of para-hydroxylation sites is 2. The second-order valence-corrected chi connectivity index (χ2v) is 8.18. The van der Waals surface area contributed by atoms with Crippen LogP contribution in [0.1, 0.15) is 0 Å². The van der Waals surface area contributed by atoms with Crippen molar-refractivity contribution in [1.82, 2.24) is 39.8 Å². The van der Waals surface area contributed by atoms with Crippen LogP contribution < -0.4 is 0 Å². The molecule has 0 fully saturated rings. The maximum absolute atomic E-state index is 8.93. The summed E-state index contributed by atoms with van der Waals surface area (Å²) >= 11 is 0. The van der Waals surface area contributed by atoms with Crippen molar-refractivity contribution < 1.29 is 20.4 Å². The highest BCUT2D eigenvalue weighted by Crippen LogP contribution is 2.10. The fraction of sp³-hybridized carbons (Fsp3) is 0.500. The van der Waals surface area contributed by atoms with E-state index in [0.29, 0.717) is 39.3 Å². The van der Waals surface area contributed by atoms with Crippen molar-refractivity contribution in [2.75, 3.05) is 65.7 Å². The van der Waals surface area contributed by atoms with Gasteiger partial charge >= 0.3 is 0 Å². The largest absolute Gasteiger partial charge is 0.395 e. The van der Waals surface area contributed by atoms with Gasteiger partial charge in [-0.3, -0.25) is 9.80 Å². The molecule has 0 atom stereocenters. The Bertz CT molecular complexity index is 1050. The number of rotatable bonds is 14. The zero-order chi connectivity index (χ0) is 25.6. The second-order valence-electron chi connectivity index (χ2n) is 8.18. The number of hydrogen-bond donors (Lipinski definition) is 4. The summed E-state index contributed by atoms with van der Waals surface area (Å²) in [5.74, 6) is 0. The normalized spacial score (nSPS) is 11.5. The zero-order valence-electron chi connectivity index (χ0n) is 20.5. The Hall–Kier alpha value is -3.00. The molecule has 0 saturated carbocycles. The first-order valence-electron chi connectivity index (χ1n) is 12.1. The lowest BCUT2D eigenvalue weighted by molar-refractivity contribution is 0.156. The first-order valence-corrected chi connectivity index (χ1v) is 12.1. The van der Waals surface area contributed by atoms with Crippen molar-refractivity contribution in [2.24, 2.45) is 0 Å². The van der Waals surface area contributed by atoms with E-state index < -0.39 is 0 Å². The van der Waals surface area contributed by atoms with Crippen LogP contribution in [0.15, 0.2) is 48.5 Å². The van der Waals surface area contributed by atoms with Crippen LogP contribution in [0.25, 0.3) is 22.1 Å². The first-order chi connectivity index (χ1) is 17.7. The number of hydrogen-bond acceptors (Lipinski definition) is 10. The van der Waals surface area contributed by atoms with Crippen LogP contribution >= 0.6 is 0 Å². The first kappa shape index (κ1) is 27.6. The van der Waals surface area contributed by atoms with Gasteiger partial charge in [0.05, 0.1) is 50.6 Å². The third kappa shape index (κ3) is 8.01. The average Bonchev–Trinajstić information content (AvgIpc) is 3.51. The third-order valence-corrected chi connectivity index (χ3v) is 5.76. The lowest BCUT2D eigenvalue weighted by atomic mass is 10.3. The summed E-state index contributed by atoms with van der Waals surface area (Å²) in [5.41, 5.74) is 3.78. The number of benzene rings is 2. The van der Waals surface area contributed by atoms with Crippen LogP contribution in [0.3, 0.4) is 0 Å². The summed E-state index contributed by atoms with van der Waals surface area (Å²) in [6, 6.07) is 15.6. The van der Waals surface area contributed by atoms with Crippen molar-refractivity contribution >= 4 is 22.1 Å². The number of nitrogens with zero attached hydrogens (tertiary/aromatic N) is 8. The number of aliphatic hydroxyl groups excluding tert-OH is 4. The van der Waals surface area contributed by atoms with Crippen molar-refractivity contribution in [3.05, 3.63) is 48.5 Å². The molecular formula is C24H36N8O4. The molecule has 0 aliphatic heterocycles. The van der Waals surface area contributed by atoms with E-state index in [0.717, 1.165) is 35.2 Å². The van der Waals surface area contributed by atoms with Crippen LogP contribution in [0.4, 0.5) is 0 Å². The predicted molar refractivity (Wildman–Crippen MR) is 136 cm³/mol. The lowest BCUT2D eigenvalue weighted by Crippen LogP contribution is -2.33. The Morgan fingerprint density at radius 1 is 0.528 bits per heavy atom. The summed E-state index contributed by atoms with van der Waals surface area (Å²) < 4.78 is 3.69. The summed E-state index contributed by atoms with van der Waals surface area (Å²) in [7, 11) is 0. The molecule has 0 unspecified atom stereocenters. The van der Waals surface area contributed by atoms with Gasteiger partial charge in [0.1, 0.15) is 11.0 Å². The van der Waals surface area contributed by atoms with Gasteiger partial charge in [-0.15, -0.1) is 10.2 Å². The molecule has 4 aromatic rings. The Balaban J connectivity index is 0.000000201. The van der Waals surface area contributed by atoms with E-state index >= 15 is 0 Å². The van der Waals surface area contributed by atoms with Crippen molar-refractivity contribution in [3.8, 4) is 0 Å². The summed E-state index contributed by atoms with van der Waals surface area (Å²) in [5, 5.41) is 52.1. The minimum absolute atomic E-state index is 0.0953. The molecule has 0 amide bonds. The van der Waals surface area contributed by atoms with E-state index in [2.05, 4.69) is 20.6 Å². The summed E-state index contributed by atoms with van der Waals surface area (Å²) in [6.45, 7) is 5.48. The standard InChI is InChI=1S/2C12H18N4O2/c2*17-9-7-15(8-10-18)5-6-16-12-4-2-1-3-11(12)13-14-16/h2*1-4,17-18H,5-10H2. The molecule has 0 bridgehead atoms.